The Morgan fingerprint density at radius 2 is 1.89 bits per heavy atom. The summed E-state index contributed by atoms with van der Waals surface area (Å²) in [6.07, 6.45) is 5.57. The Morgan fingerprint density at radius 1 is 1.21 bits per heavy atom. The lowest BCUT2D eigenvalue weighted by Crippen LogP contribution is -2.07. The van der Waals surface area contributed by atoms with E-state index in [9.17, 15) is 9.46 Å². The second-order valence-corrected chi connectivity index (χ2v) is 6.36. The summed E-state index contributed by atoms with van der Waals surface area (Å²) in [7, 11) is -0.382. The van der Waals surface area contributed by atoms with Gasteiger partial charge in [0.05, 0.1) is 44.5 Å². The molecule has 2 rings (SSSR count). The van der Waals surface area contributed by atoms with Gasteiger partial charge in [0.1, 0.15) is 11.1 Å². The first kappa shape index (κ1) is 13.8. The smallest absolute Gasteiger partial charge is 0.307 e. The molecule has 4 nitrogen and oxygen atoms in total. The van der Waals surface area contributed by atoms with E-state index in [4.69, 9.17) is 9.47 Å². The number of allylic oxidation sites excluding steroid dienone is 3. The lowest BCUT2D eigenvalue weighted by Gasteiger charge is -2.13. The SMILES string of the molecule is COC1=CCC(P(=O)(O)c2ccc(OC)cc2)=C[CH+]1. The minimum atomic E-state index is -3.51. The minimum absolute atomic E-state index is 0.405. The zero-order chi connectivity index (χ0) is 13.9. The van der Waals surface area contributed by atoms with E-state index >= 15 is 0 Å². The van der Waals surface area contributed by atoms with Gasteiger partial charge in [0.25, 0.3) is 0 Å². The molecule has 5 heteroatoms. The molecule has 100 valence electrons. The van der Waals surface area contributed by atoms with Crippen LogP contribution in [0.3, 0.4) is 0 Å². The van der Waals surface area contributed by atoms with Gasteiger partial charge in [0.15, 0.2) is 0 Å². The Hall–Kier alpha value is -1.64. The summed E-state index contributed by atoms with van der Waals surface area (Å²) in [5, 5.41) is 0.903. The van der Waals surface area contributed by atoms with E-state index in [1.165, 1.54) is 0 Å². The minimum Gasteiger partial charge on any atom is -0.497 e. The fourth-order valence-electron chi connectivity index (χ4n) is 1.85. The van der Waals surface area contributed by atoms with E-state index in [1.54, 1.807) is 57.1 Å². The van der Waals surface area contributed by atoms with Gasteiger partial charge < -0.3 is 14.4 Å². The molecular formula is C14H16O4P+. The summed E-state index contributed by atoms with van der Waals surface area (Å²) in [4.78, 5) is 10.3. The molecule has 1 aliphatic rings. The highest BCUT2D eigenvalue weighted by Gasteiger charge is 2.33. The molecule has 1 N–H and O–H groups in total. The van der Waals surface area contributed by atoms with Crippen LogP contribution in [0.25, 0.3) is 0 Å². The second kappa shape index (κ2) is 5.55. The summed E-state index contributed by atoms with van der Waals surface area (Å²) in [6.45, 7) is 0. The van der Waals surface area contributed by atoms with E-state index < -0.39 is 7.37 Å². The van der Waals surface area contributed by atoms with Crippen molar-refractivity contribution in [2.24, 2.45) is 0 Å². The number of benzene rings is 1. The summed E-state index contributed by atoms with van der Waals surface area (Å²) in [5.41, 5.74) is 0. The molecule has 0 heterocycles. The maximum absolute atomic E-state index is 12.5. The summed E-state index contributed by atoms with van der Waals surface area (Å²) >= 11 is 0. The van der Waals surface area contributed by atoms with Gasteiger partial charge >= 0.3 is 7.37 Å². The van der Waals surface area contributed by atoms with Gasteiger partial charge in [-0.3, -0.25) is 4.57 Å². The molecule has 19 heavy (non-hydrogen) atoms. The maximum Gasteiger partial charge on any atom is 0.307 e. The molecule has 0 saturated heterocycles. The van der Waals surface area contributed by atoms with Gasteiger partial charge in [-0.05, 0) is 24.3 Å². The van der Waals surface area contributed by atoms with Crippen LogP contribution in [0.15, 0.2) is 47.5 Å². The van der Waals surface area contributed by atoms with Crippen LogP contribution >= 0.6 is 7.37 Å². The van der Waals surface area contributed by atoms with Crippen molar-refractivity contribution in [1.82, 2.24) is 0 Å². The standard InChI is InChI=1S/C14H15O4P/c1-17-11-3-7-13(8-4-11)19(15,16)14-9-5-12(18-2)6-10-14/h3-9H,10H2,1-2H3/p+1. The lowest BCUT2D eigenvalue weighted by atomic mass is 10.2. The van der Waals surface area contributed by atoms with Crippen LogP contribution in [0.4, 0.5) is 0 Å². The highest BCUT2D eigenvalue weighted by Crippen LogP contribution is 2.51. The molecule has 1 aromatic carbocycles. The maximum atomic E-state index is 12.5. The Kier molecular flexibility index (Phi) is 4.03. The predicted octanol–water partition coefficient (Wildman–Crippen LogP) is 2.61. The molecule has 0 spiro atoms. The van der Waals surface area contributed by atoms with Crippen LogP contribution in [0, 0.1) is 6.42 Å². The zero-order valence-electron chi connectivity index (χ0n) is 10.9. The third kappa shape index (κ3) is 2.86. The van der Waals surface area contributed by atoms with Crippen molar-refractivity contribution in [3.8, 4) is 5.75 Å². The van der Waals surface area contributed by atoms with Gasteiger partial charge in [-0.2, -0.15) is 0 Å². The van der Waals surface area contributed by atoms with Crippen molar-refractivity contribution in [2.45, 2.75) is 6.42 Å². The Labute approximate surface area is 112 Å². The van der Waals surface area contributed by atoms with Crippen molar-refractivity contribution in [1.29, 1.82) is 0 Å². The molecule has 0 amide bonds. The van der Waals surface area contributed by atoms with Gasteiger partial charge in [-0.15, -0.1) is 0 Å². The first-order chi connectivity index (χ1) is 9.07. The zero-order valence-corrected chi connectivity index (χ0v) is 11.8. The number of hydrogen-bond acceptors (Lipinski definition) is 3. The quantitative estimate of drug-likeness (QED) is 0.680. The normalized spacial score (nSPS) is 17.6. The lowest BCUT2D eigenvalue weighted by molar-refractivity contribution is 0.299. The van der Waals surface area contributed by atoms with Crippen molar-refractivity contribution in [2.75, 3.05) is 14.2 Å². The topological polar surface area (TPSA) is 55.8 Å². The summed E-state index contributed by atoms with van der Waals surface area (Å²) < 4.78 is 22.6. The van der Waals surface area contributed by atoms with Crippen LogP contribution in [0.1, 0.15) is 6.42 Å². The van der Waals surface area contributed by atoms with Crippen LogP contribution in [0.5, 0.6) is 5.75 Å². The molecule has 1 aromatic rings. The van der Waals surface area contributed by atoms with E-state index in [0.717, 1.165) is 0 Å². The second-order valence-electron chi connectivity index (χ2n) is 4.11. The third-order valence-corrected chi connectivity index (χ3v) is 5.11. The van der Waals surface area contributed by atoms with Gasteiger partial charge in [-0.25, -0.2) is 0 Å². The predicted molar refractivity (Wildman–Crippen MR) is 74.5 cm³/mol. The molecule has 0 aromatic heterocycles. The van der Waals surface area contributed by atoms with Gasteiger partial charge in [-0.1, -0.05) is 0 Å². The molecular weight excluding hydrogens is 263 g/mol. The fraction of sp³-hybridized carbons (Fsp3) is 0.214. The molecule has 0 saturated carbocycles. The number of rotatable bonds is 4. The molecule has 1 atom stereocenters. The average molecular weight is 279 g/mol. The summed E-state index contributed by atoms with van der Waals surface area (Å²) in [6, 6.07) is 6.61. The van der Waals surface area contributed by atoms with Gasteiger partial charge in [0, 0.05) is 0 Å². The fourth-order valence-corrected chi connectivity index (χ4v) is 3.35. The Bertz CT molecular complexity index is 557. The molecule has 0 radical (unpaired) electrons. The molecule has 0 aliphatic heterocycles. The molecule has 0 fully saturated rings. The van der Waals surface area contributed by atoms with E-state index in [-0.39, 0.29) is 0 Å². The highest BCUT2D eigenvalue weighted by atomic mass is 31.2. The monoisotopic (exact) mass is 279 g/mol. The van der Waals surface area contributed by atoms with Crippen LogP contribution < -0.4 is 10.0 Å². The van der Waals surface area contributed by atoms with Crippen LogP contribution in [-0.4, -0.2) is 19.1 Å². The van der Waals surface area contributed by atoms with Crippen molar-refractivity contribution >= 4 is 12.7 Å². The van der Waals surface area contributed by atoms with Crippen molar-refractivity contribution < 1.29 is 18.9 Å². The number of methoxy groups -OCH3 is 2. The van der Waals surface area contributed by atoms with E-state index in [1.807, 2.05) is 0 Å². The number of hydrogen-bond donors (Lipinski definition) is 1. The average Bonchev–Trinajstić information content (AvgIpc) is 2.47. The number of ether oxygens (including phenoxy) is 2. The molecule has 0 bridgehead atoms. The van der Waals surface area contributed by atoms with E-state index in [2.05, 4.69) is 0 Å². The van der Waals surface area contributed by atoms with Crippen LogP contribution in [0.2, 0.25) is 0 Å². The van der Waals surface area contributed by atoms with Crippen molar-refractivity contribution in [3.63, 3.8) is 0 Å². The Balaban J connectivity index is 2.23. The van der Waals surface area contributed by atoms with E-state index in [0.29, 0.717) is 28.5 Å². The third-order valence-electron chi connectivity index (χ3n) is 3.00. The Morgan fingerprint density at radius 3 is 2.37 bits per heavy atom. The first-order valence-electron chi connectivity index (χ1n) is 5.84. The van der Waals surface area contributed by atoms with Crippen LogP contribution in [-0.2, 0) is 9.30 Å². The first-order valence-corrected chi connectivity index (χ1v) is 7.50. The highest BCUT2D eigenvalue weighted by molar-refractivity contribution is 7.70. The van der Waals surface area contributed by atoms with Crippen molar-refractivity contribution in [3.05, 3.63) is 53.9 Å². The largest absolute Gasteiger partial charge is 0.497 e. The molecule has 1 unspecified atom stereocenters. The van der Waals surface area contributed by atoms with Gasteiger partial charge in [0.2, 0.25) is 5.76 Å². The molecule has 1 aliphatic carbocycles. The summed E-state index contributed by atoms with van der Waals surface area (Å²) in [5.74, 6) is 1.37.